The molecule has 0 spiro atoms. The number of hydrogen-bond donors (Lipinski definition) is 0. The first-order chi connectivity index (χ1) is 8.88. The highest BCUT2D eigenvalue weighted by molar-refractivity contribution is 9.09. The Bertz CT molecular complexity index is 557. The maximum atomic E-state index is 3.49. The highest BCUT2D eigenvalue weighted by Gasteiger charge is 2.17. The van der Waals surface area contributed by atoms with E-state index in [-0.39, 0.29) is 0 Å². The van der Waals surface area contributed by atoms with Gasteiger partial charge in [0, 0.05) is 5.33 Å². The summed E-state index contributed by atoms with van der Waals surface area (Å²) in [6.45, 7) is 0. The van der Waals surface area contributed by atoms with Crippen LogP contribution in [0.3, 0.4) is 0 Å². The minimum Gasteiger partial charge on any atom is -0.0928 e. The van der Waals surface area contributed by atoms with Crippen LogP contribution >= 0.6 is 15.9 Å². The van der Waals surface area contributed by atoms with Gasteiger partial charge in [-0.15, -0.1) is 0 Å². The molecule has 0 atom stereocenters. The summed E-state index contributed by atoms with van der Waals surface area (Å²) >= 11 is 3.49. The second-order valence-electron chi connectivity index (χ2n) is 4.97. The Morgan fingerprint density at radius 1 is 0.889 bits per heavy atom. The van der Waals surface area contributed by atoms with Crippen LogP contribution in [-0.4, -0.2) is 5.33 Å². The van der Waals surface area contributed by atoms with E-state index in [0.717, 1.165) is 11.8 Å². The fraction of sp³-hybridized carbons (Fsp3) is 0.294. The minimum atomic E-state index is 1.10. The molecule has 2 aromatic rings. The van der Waals surface area contributed by atoms with Crippen molar-refractivity contribution in [2.75, 3.05) is 5.33 Å². The average molecular weight is 301 g/mol. The Labute approximate surface area is 117 Å². The zero-order valence-corrected chi connectivity index (χ0v) is 12.0. The van der Waals surface area contributed by atoms with E-state index < -0.39 is 0 Å². The van der Waals surface area contributed by atoms with Crippen molar-refractivity contribution < 1.29 is 0 Å². The van der Waals surface area contributed by atoms with Crippen LogP contribution in [0.5, 0.6) is 0 Å². The van der Waals surface area contributed by atoms with Crippen LogP contribution in [0.4, 0.5) is 0 Å². The van der Waals surface area contributed by atoms with Gasteiger partial charge in [0.25, 0.3) is 0 Å². The second-order valence-corrected chi connectivity index (χ2v) is 5.76. The number of alkyl halides is 1. The fourth-order valence-electron chi connectivity index (χ4n) is 2.75. The van der Waals surface area contributed by atoms with E-state index >= 15 is 0 Å². The number of benzene rings is 2. The molecule has 2 aromatic carbocycles. The highest BCUT2D eigenvalue weighted by atomic mass is 79.9. The molecule has 1 heteroatoms. The summed E-state index contributed by atoms with van der Waals surface area (Å²) < 4.78 is 0. The van der Waals surface area contributed by atoms with Gasteiger partial charge >= 0.3 is 0 Å². The number of halogens is 1. The van der Waals surface area contributed by atoms with Gasteiger partial charge in [0.1, 0.15) is 0 Å². The third-order valence-electron chi connectivity index (χ3n) is 3.71. The van der Waals surface area contributed by atoms with Crippen LogP contribution in [0, 0.1) is 0 Å². The number of rotatable bonds is 4. The second kappa shape index (κ2) is 5.27. The van der Waals surface area contributed by atoms with Gasteiger partial charge in [0.05, 0.1) is 0 Å². The third-order valence-corrected chi connectivity index (χ3v) is 4.27. The van der Waals surface area contributed by atoms with Gasteiger partial charge < -0.3 is 0 Å². The largest absolute Gasteiger partial charge is 0.0928 e. The van der Waals surface area contributed by atoms with E-state index in [1.807, 2.05) is 0 Å². The lowest BCUT2D eigenvalue weighted by Crippen LogP contribution is -1.88. The molecule has 0 saturated carbocycles. The van der Waals surface area contributed by atoms with Gasteiger partial charge in [0.2, 0.25) is 0 Å². The van der Waals surface area contributed by atoms with Gasteiger partial charge in [-0.2, -0.15) is 0 Å². The van der Waals surface area contributed by atoms with Crippen LogP contribution in [0.2, 0.25) is 0 Å². The smallest absolute Gasteiger partial charge is 0.00314 e. The summed E-state index contributed by atoms with van der Waals surface area (Å²) in [7, 11) is 0. The maximum Gasteiger partial charge on any atom is 0.00314 e. The first-order valence-corrected chi connectivity index (χ1v) is 7.76. The minimum absolute atomic E-state index is 1.10. The quantitative estimate of drug-likeness (QED) is 0.471. The lowest BCUT2D eigenvalue weighted by molar-refractivity contribution is 0.806. The molecule has 1 aliphatic carbocycles. The van der Waals surface area contributed by atoms with Gasteiger partial charge in [-0.3, -0.25) is 0 Å². The molecule has 0 heterocycles. The van der Waals surface area contributed by atoms with Crippen LogP contribution in [0.25, 0.3) is 11.1 Å². The van der Waals surface area contributed by atoms with Crippen molar-refractivity contribution >= 4 is 15.9 Å². The molecule has 0 saturated heterocycles. The molecule has 92 valence electrons. The van der Waals surface area contributed by atoms with Crippen molar-refractivity contribution in [1.82, 2.24) is 0 Å². The molecule has 0 fully saturated rings. The summed E-state index contributed by atoms with van der Waals surface area (Å²) in [4.78, 5) is 0. The van der Waals surface area contributed by atoms with Crippen molar-refractivity contribution in [1.29, 1.82) is 0 Å². The lowest BCUT2D eigenvalue weighted by Gasteiger charge is -2.05. The summed E-state index contributed by atoms with van der Waals surface area (Å²) in [6, 6.07) is 15.8. The Balaban J connectivity index is 1.88. The van der Waals surface area contributed by atoms with Gasteiger partial charge in [0.15, 0.2) is 0 Å². The zero-order chi connectivity index (χ0) is 12.4. The molecule has 0 aromatic heterocycles. The topological polar surface area (TPSA) is 0 Å². The summed E-state index contributed by atoms with van der Waals surface area (Å²) in [5.41, 5.74) is 7.34. The summed E-state index contributed by atoms with van der Waals surface area (Å²) in [5, 5.41) is 1.11. The number of aryl methyl sites for hydroxylation is 1. The van der Waals surface area contributed by atoms with Gasteiger partial charge in [-0.1, -0.05) is 58.4 Å². The monoisotopic (exact) mass is 300 g/mol. The van der Waals surface area contributed by atoms with Crippen LogP contribution in [0.15, 0.2) is 42.5 Å². The first kappa shape index (κ1) is 12.0. The molecule has 0 amide bonds. The molecular formula is C17H17Br. The first-order valence-electron chi connectivity index (χ1n) is 6.64. The molecule has 0 N–H and O–H groups in total. The zero-order valence-electron chi connectivity index (χ0n) is 10.5. The van der Waals surface area contributed by atoms with Crippen LogP contribution in [0.1, 0.15) is 29.5 Å². The number of fused-ring (bicyclic) bond motifs is 3. The molecule has 3 rings (SSSR count). The Kier molecular flexibility index (Phi) is 3.51. The van der Waals surface area contributed by atoms with Crippen molar-refractivity contribution in [3.8, 4) is 11.1 Å². The standard InChI is InChI=1S/C17H17Br/c18-10-4-3-5-13-8-9-15-12-14-6-1-2-7-16(14)17(15)11-13/h1-2,6-9,11H,3-5,10,12H2. The van der Waals surface area contributed by atoms with Gasteiger partial charge in [-0.25, -0.2) is 0 Å². The Hall–Kier alpha value is -1.08. The molecule has 18 heavy (non-hydrogen) atoms. The Morgan fingerprint density at radius 3 is 2.61 bits per heavy atom. The predicted molar refractivity (Wildman–Crippen MR) is 81.4 cm³/mol. The molecule has 0 radical (unpaired) electrons. The van der Waals surface area contributed by atoms with Crippen molar-refractivity contribution in [3.63, 3.8) is 0 Å². The van der Waals surface area contributed by atoms with Crippen LogP contribution < -0.4 is 0 Å². The Morgan fingerprint density at radius 2 is 1.72 bits per heavy atom. The normalized spacial score (nSPS) is 12.3. The van der Waals surface area contributed by atoms with E-state index in [9.17, 15) is 0 Å². The molecule has 0 unspecified atom stereocenters. The molecular weight excluding hydrogens is 284 g/mol. The van der Waals surface area contributed by atoms with E-state index in [0.29, 0.717) is 0 Å². The average Bonchev–Trinajstić information content (AvgIpc) is 2.77. The van der Waals surface area contributed by atoms with Gasteiger partial charge in [-0.05, 0) is 53.5 Å². The van der Waals surface area contributed by atoms with E-state index in [2.05, 4.69) is 58.4 Å². The molecule has 0 bridgehead atoms. The van der Waals surface area contributed by atoms with E-state index in [1.165, 1.54) is 47.1 Å². The molecule has 0 nitrogen and oxygen atoms in total. The third kappa shape index (κ3) is 2.24. The lowest BCUT2D eigenvalue weighted by atomic mass is 10.0. The maximum absolute atomic E-state index is 3.49. The molecule has 1 aliphatic rings. The van der Waals surface area contributed by atoms with Crippen molar-refractivity contribution in [3.05, 3.63) is 59.2 Å². The van der Waals surface area contributed by atoms with Crippen molar-refractivity contribution in [2.45, 2.75) is 25.7 Å². The predicted octanol–water partition coefficient (Wildman–Crippen LogP) is 4.98. The van der Waals surface area contributed by atoms with Crippen molar-refractivity contribution in [2.24, 2.45) is 0 Å². The summed E-state index contributed by atoms with van der Waals surface area (Å²) in [5.74, 6) is 0. The number of hydrogen-bond acceptors (Lipinski definition) is 0. The number of unbranched alkanes of at least 4 members (excludes halogenated alkanes) is 1. The van der Waals surface area contributed by atoms with E-state index in [1.54, 1.807) is 0 Å². The fourth-order valence-corrected chi connectivity index (χ4v) is 3.15. The SMILES string of the molecule is BrCCCCc1ccc2c(c1)-c1ccccc1C2. The molecule has 0 aliphatic heterocycles. The van der Waals surface area contributed by atoms with Crippen LogP contribution in [-0.2, 0) is 12.8 Å². The van der Waals surface area contributed by atoms with E-state index in [4.69, 9.17) is 0 Å². The highest BCUT2D eigenvalue weighted by Crippen LogP contribution is 2.36. The summed E-state index contributed by atoms with van der Waals surface area (Å²) in [6.07, 6.45) is 4.83.